The summed E-state index contributed by atoms with van der Waals surface area (Å²) in [6, 6.07) is 7.23. The molecule has 1 unspecified atom stereocenters. The molecule has 0 radical (unpaired) electrons. The van der Waals surface area contributed by atoms with Crippen LogP contribution in [0.4, 0.5) is 18.9 Å². The number of aryl methyl sites for hydroxylation is 1. The molecule has 136 valence electrons. The van der Waals surface area contributed by atoms with Gasteiger partial charge in [0.05, 0.1) is 24.1 Å². The Bertz CT molecular complexity index is 956. The second-order valence-electron chi connectivity index (χ2n) is 5.74. The van der Waals surface area contributed by atoms with E-state index in [9.17, 15) is 22.8 Å². The summed E-state index contributed by atoms with van der Waals surface area (Å²) in [7, 11) is 0. The Kier molecular flexibility index (Phi) is 5.57. The highest BCUT2D eigenvalue weighted by Gasteiger charge is 2.36. The Morgan fingerprint density at radius 2 is 2.00 bits per heavy atom. The van der Waals surface area contributed by atoms with Crippen LogP contribution in [-0.2, 0) is 17.5 Å². The number of halogens is 4. The molecule has 0 aliphatic carbocycles. The fourth-order valence-corrected chi connectivity index (χ4v) is 2.51. The summed E-state index contributed by atoms with van der Waals surface area (Å²) >= 11 is 5.73. The Morgan fingerprint density at radius 1 is 1.35 bits per heavy atom. The van der Waals surface area contributed by atoms with E-state index in [2.05, 4.69) is 4.85 Å². The van der Waals surface area contributed by atoms with Gasteiger partial charge in [-0.3, -0.25) is 9.59 Å². The molecular weight excluding hydrogens is 369 g/mol. The quantitative estimate of drug-likeness (QED) is 0.573. The number of benzene rings is 1. The zero-order valence-electron chi connectivity index (χ0n) is 13.9. The number of carbonyl (C=O) groups excluding carboxylic acids is 1. The van der Waals surface area contributed by atoms with Crippen molar-refractivity contribution < 1.29 is 18.0 Å². The van der Waals surface area contributed by atoms with Gasteiger partial charge < -0.3 is 4.57 Å². The van der Waals surface area contributed by atoms with Crippen molar-refractivity contribution in [3.63, 3.8) is 0 Å². The topological polar surface area (TPSA) is 43.4 Å². The zero-order valence-corrected chi connectivity index (χ0v) is 14.6. The molecule has 8 heteroatoms. The molecule has 0 amide bonds. The molecule has 0 aliphatic heterocycles. The number of hydrogen-bond donors (Lipinski definition) is 0. The predicted molar refractivity (Wildman–Crippen MR) is 92.5 cm³/mol. The molecule has 0 saturated carbocycles. The summed E-state index contributed by atoms with van der Waals surface area (Å²) in [5.74, 6) is -0.543. The average Bonchev–Trinajstić information content (AvgIpc) is 2.54. The van der Waals surface area contributed by atoms with Crippen molar-refractivity contribution in [1.82, 2.24) is 4.57 Å². The van der Waals surface area contributed by atoms with Crippen molar-refractivity contribution in [2.75, 3.05) is 0 Å². The highest BCUT2D eigenvalue weighted by atomic mass is 35.5. The second-order valence-corrected chi connectivity index (χ2v) is 6.40. The third-order valence-corrected chi connectivity index (χ3v) is 4.01. The van der Waals surface area contributed by atoms with Crippen LogP contribution in [0.1, 0.15) is 18.1 Å². The van der Waals surface area contributed by atoms with Gasteiger partial charge in [0.1, 0.15) is 0 Å². The minimum absolute atomic E-state index is 0.0934. The molecule has 4 nitrogen and oxygen atoms in total. The van der Waals surface area contributed by atoms with E-state index in [1.165, 1.54) is 13.0 Å². The van der Waals surface area contributed by atoms with Gasteiger partial charge in [-0.1, -0.05) is 23.8 Å². The van der Waals surface area contributed by atoms with Gasteiger partial charge in [-0.2, -0.15) is 13.2 Å². The van der Waals surface area contributed by atoms with Crippen LogP contribution in [-0.4, -0.2) is 15.7 Å². The molecular formula is C18H14ClF3N2O2. The van der Waals surface area contributed by atoms with Crippen molar-refractivity contribution in [2.45, 2.75) is 31.9 Å². The van der Waals surface area contributed by atoms with Crippen molar-refractivity contribution in [3.8, 4) is 11.3 Å². The van der Waals surface area contributed by atoms with Crippen LogP contribution in [0, 0.1) is 13.5 Å². The van der Waals surface area contributed by atoms with Crippen LogP contribution in [0.25, 0.3) is 16.1 Å². The van der Waals surface area contributed by atoms with E-state index < -0.39 is 40.7 Å². The molecule has 1 aromatic carbocycles. The third kappa shape index (κ3) is 3.97. The standard InChI is InChI=1S/C18H14ClF3N2O2/c1-10-5-4-6-12(7-10)14-8-13(18(20,21)22)16(23-3)17(26)24(14)9-15(25)11(2)19/h4-8,11H,9H2,1-2H3. The number of hydrogen-bond acceptors (Lipinski definition) is 2. The summed E-state index contributed by atoms with van der Waals surface area (Å²) in [4.78, 5) is 27.3. The highest BCUT2D eigenvalue weighted by molar-refractivity contribution is 6.30. The van der Waals surface area contributed by atoms with Gasteiger partial charge in [-0.25, -0.2) is 4.85 Å². The molecule has 0 aliphatic rings. The van der Waals surface area contributed by atoms with Crippen molar-refractivity contribution in [3.05, 3.63) is 63.2 Å². The maximum absolute atomic E-state index is 13.3. The Balaban J connectivity index is 2.86. The van der Waals surface area contributed by atoms with Crippen LogP contribution in [0.3, 0.4) is 0 Å². The van der Waals surface area contributed by atoms with Gasteiger partial charge in [0, 0.05) is 5.69 Å². The minimum atomic E-state index is -4.87. The van der Waals surface area contributed by atoms with Crippen LogP contribution in [0.2, 0.25) is 0 Å². The summed E-state index contributed by atoms with van der Waals surface area (Å²) < 4.78 is 40.9. The van der Waals surface area contributed by atoms with E-state index in [1.807, 2.05) is 0 Å². The Morgan fingerprint density at radius 3 is 2.50 bits per heavy atom. The molecule has 0 bridgehead atoms. The van der Waals surface area contributed by atoms with Crippen LogP contribution < -0.4 is 5.56 Å². The highest BCUT2D eigenvalue weighted by Crippen LogP contribution is 2.37. The first-order valence-electron chi connectivity index (χ1n) is 7.52. The molecule has 0 N–H and O–H groups in total. The number of ketones is 1. The smallest absolute Gasteiger partial charge is 0.310 e. The lowest BCUT2D eigenvalue weighted by atomic mass is 10.0. The minimum Gasteiger partial charge on any atom is -0.310 e. The van der Waals surface area contributed by atoms with Gasteiger partial charge in [0.25, 0.3) is 11.2 Å². The first kappa shape index (κ1) is 19.7. The molecule has 1 atom stereocenters. The second kappa shape index (κ2) is 7.34. The Hall–Kier alpha value is -2.59. The number of pyridine rings is 1. The van der Waals surface area contributed by atoms with Crippen LogP contribution >= 0.6 is 11.6 Å². The van der Waals surface area contributed by atoms with Gasteiger partial charge in [0.2, 0.25) is 0 Å². The van der Waals surface area contributed by atoms with E-state index in [-0.39, 0.29) is 5.69 Å². The molecule has 1 heterocycles. The number of alkyl halides is 4. The third-order valence-electron chi connectivity index (χ3n) is 3.76. The van der Waals surface area contributed by atoms with E-state index in [0.717, 1.165) is 16.2 Å². The maximum Gasteiger partial charge on any atom is 0.407 e. The molecule has 0 fully saturated rings. The van der Waals surface area contributed by atoms with Gasteiger partial charge >= 0.3 is 6.18 Å². The van der Waals surface area contributed by atoms with Crippen molar-refractivity contribution in [1.29, 1.82) is 0 Å². The van der Waals surface area contributed by atoms with E-state index in [4.69, 9.17) is 18.2 Å². The van der Waals surface area contributed by atoms with Crippen LogP contribution in [0.15, 0.2) is 35.1 Å². The predicted octanol–water partition coefficient (Wildman–Crippen LogP) is 4.59. The number of carbonyl (C=O) groups is 1. The first-order valence-corrected chi connectivity index (χ1v) is 7.96. The summed E-state index contributed by atoms with van der Waals surface area (Å²) in [6.45, 7) is 9.61. The molecule has 1 aromatic heterocycles. The molecule has 0 saturated heterocycles. The van der Waals surface area contributed by atoms with E-state index >= 15 is 0 Å². The molecule has 2 aromatic rings. The molecule has 0 spiro atoms. The largest absolute Gasteiger partial charge is 0.407 e. The normalized spacial score (nSPS) is 12.5. The average molecular weight is 383 g/mol. The molecule has 2 rings (SSSR count). The summed E-state index contributed by atoms with van der Waals surface area (Å²) in [5, 5.41) is -0.925. The fraction of sp³-hybridized carbons (Fsp3) is 0.278. The first-order chi connectivity index (χ1) is 12.1. The van der Waals surface area contributed by atoms with Gasteiger partial charge in [-0.15, -0.1) is 11.6 Å². The number of nitrogens with zero attached hydrogens (tertiary/aromatic N) is 2. The van der Waals surface area contributed by atoms with E-state index in [0.29, 0.717) is 5.56 Å². The monoisotopic (exact) mass is 382 g/mol. The summed E-state index contributed by atoms with van der Waals surface area (Å²) in [6.07, 6.45) is -4.87. The number of rotatable bonds is 4. The van der Waals surface area contributed by atoms with Gasteiger partial charge in [0.15, 0.2) is 5.78 Å². The summed E-state index contributed by atoms with van der Waals surface area (Å²) in [5.41, 5.74) is -2.55. The lowest BCUT2D eigenvalue weighted by Crippen LogP contribution is -2.30. The maximum atomic E-state index is 13.3. The Labute approximate surface area is 152 Å². The van der Waals surface area contributed by atoms with E-state index in [1.54, 1.807) is 25.1 Å². The van der Waals surface area contributed by atoms with Gasteiger partial charge in [-0.05, 0) is 31.5 Å². The molecule has 26 heavy (non-hydrogen) atoms. The van der Waals surface area contributed by atoms with Crippen LogP contribution in [0.5, 0.6) is 0 Å². The lowest BCUT2D eigenvalue weighted by Gasteiger charge is -2.18. The SMILES string of the molecule is [C-]#[N+]c1c(C(F)(F)F)cc(-c2cccc(C)c2)n(CC(=O)C(C)Cl)c1=O. The zero-order chi connectivity index (χ0) is 19.6. The van der Waals surface area contributed by atoms with Crippen molar-refractivity contribution in [2.24, 2.45) is 0 Å². The number of aromatic nitrogens is 1. The lowest BCUT2D eigenvalue weighted by molar-refractivity contribution is -0.136. The number of Topliss-reactive ketones (excluding diaryl/α,β-unsaturated/α-hetero) is 1. The van der Waals surface area contributed by atoms with Crippen molar-refractivity contribution >= 4 is 23.1 Å². The fourth-order valence-electron chi connectivity index (χ4n) is 2.44.